The van der Waals surface area contributed by atoms with Crippen LogP contribution in [0.4, 0.5) is 0 Å². The van der Waals surface area contributed by atoms with E-state index in [9.17, 15) is 4.57 Å². The lowest BCUT2D eigenvalue weighted by atomic mass is 10.4. The van der Waals surface area contributed by atoms with Crippen molar-refractivity contribution in [1.82, 2.24) is 10.2 Å². The van der Waals surface area contributed by atoms with Gasteiger partial charge in [-0.1, -0.05) is 50.2 Å². The molecule has 106 valence electrons. The van der Waals surface area contributed by atoms with Crippen molar-refractivity contribution < 1.29 is 4.57 Å². The fourth-order valence-corrected chi connectivity index (χ4v) is 5.03. The Morgan fingerprint density at radius 2 is 1.35 bits per heavy atom. The van der Waals surface area contributed by atoms with Crippen LogP contribution in [0, 0.1) is 0 Å². The van der Waals surface area contributed by atoms with Gasteiger partial charge in [0.25, 0.3) is 0 Å². The van der Waals surface area contributed by atoms with E-state index in [1.807, 2.05) is 79.3 Å². The van der Waals surface area contributed by atoms with Crippen molar-refractivity contribution in [2.75, 3.05) is 13.1 Å². The normalized spacial score (nSPS) is 11.8. The lowest BCUT2D eigenvalue weighted by Crippen LogP contribution is -2.41. The molecule has 0 aromatic heterocycles. The number of benzene rings is 2. The maximum Gasteiger partial charge on any atom is 0.219 e. The fourth-order valence-electron chi connectivity index (χ4n) is 2.28. The minimum Gasteiger partial charge on any atom is -0.295 e. The Morgan fingerprint density at radius 1 is 0.900 bits per heavy atom. The minimum absolute atomic E-state index is 0.676. The lowest BCUT2D eigenvalue weighted by molar-refractivity contribution is 0.344. The SMILES string of the molecule is CCNN(CC)P(=O)(c1ccccc1)c1ccccc1. The van der Waals surface area contributed by atoms with E-state index in [0.29, 0.717) is 6.54 Å². The highest BCUT2D eigenvalue weighted by Crippen LogP contribution is 2.45. The zero-order chi connectivity index (χ0) is 14.4. The molecule has 2 aromatic carbocycles. The summed E-state index contributed by atoms with van der Waals surface area (Å²) in [5.74, 6) is 0. The van der Waals surface area contributed by atoms with Crippen molar-refractivity contribution in [2.24, 2.45) is 0 Å². The molecule has 0 atom stereocenters. The van der Waals surface area contributed by atoms with Gasteiger partial charge in [0, 0.05) is 23.7 Å². The molecule has 0 amide bonds. The highest BCUT2D eigenvalue weighted by Gasteiger charge is 2.33. The first kappa shape index (κ1) is 15.0. The molecule has 0 spiro atoms. The third-order valence-electron chi connectivity index (χ3n) is 3.19. The molecule has 20 heavy (non-hydrogen) atoms. The summed E-state index contributed by atoms with van der Waals surface area (Å²) >= 11 is 0. The quantitative estimate of drug-likeness (QED) is 0.655. The first-order chi connectivity index (χ1) is 9.73. The van der Waals surface area contributed by atoms with Crippen molar-refractivity contribution in [3.63, 3.8) is 0 Å². The van der Waals surface area contributed by atoms with E-state index in [1.54, 1.807) is 0 Å². The van der Waals surface area contributed by atoms with E-state index in [2.05, 4.69) is 5.43 Å². The Hall–Kier alpha value is -1.41. The largest absolute Gasteiger partial charge is 0.295 e. The number of hydrazine groups is 1. The summed E-state index contributed by atoms with van der Waals surface area (Å²) in [4.78, 5) is 0. The van der Waals surface area contributed by atoms with Crippen LogP contribution in [0.1, 0.15) is 13.8 Å². The van der Waals surface area contributed by atoms with Crippen LogP contribution in [0.5, 0.6) is 0 Å². The Kier molecular flexibility index (Phi) is 5.13. The topological polar surface area (TPSA) is 32.3 Å². The Labute approximate surface area is 121 Å². The second-order valence-corrected chi connectivity index (χ2v) is 7.14. The van der Waals surface area contributed by atoms with Gasteiger partial charge in [0.2, 0.25) is 7.29 Å². The number of rotatable bonds is 6. The van der Waals surface area contributed by atoms with E-state index in [-0.39, 0.29) is 0 Å². The highest BCUT2D eigenvalue weighted by atomic mass is 31.2. The summed E-state index contributed by atoms with van der Waals surface area (Å²) in [6.07, 6.45) is 0. The van der Waals surface area contributed by atoms with E-state index in [1.165, 1.54) is 0 Å². The van der Waals surface area contributed by atoms with Crippen molar-refractivity contribution in [3.05, 3.63) is 60.7 Å². The predicted molar refractivity (Wildman–Crippen MR) is 85.8 cm³/mol. The summed E-state index contributed by atoms with van der Waals surface area (Å²) in [6.45, 7) is 5.45. The zero-order valence-electron chi connectivity index (χ0n) is 12.0. The number of hydrogen-bond acceptors (Lipinski definition) is 2. The standard InChI is InChI=1S/C16H21N2OP/c1-3-17-18(4-2)20(19,15-11-7-5-8-12-15)16-13-9-6-10-14-16/h5-14,17H,3-4H2,1-2H3. The summed E-state index contributed by atoms with van der Waals surface area (Å²) in [6, 6.07) is 19.4. The van der Waals surface area contributed by atoms with Crippen LogP contribution in [0.25, 0.3) is 0 Å². The van der Waals surface area contributed by atoms with E-state index < -0.39 is 7.29 Å². The van der Waals surface area contributed by atoms with Crippen molar-refractivity contribution in [3.8, 4) is 0 Å². The molecule has 3 nitrogen and oxygen atoms in total. The Bertz CT molecular complexity index is 528. The fraction of sp³-hybridized carbons (Fsp3) is 0.250. The molecule has 0 heterocycles. The van der Waals surface area contributed by atoms with Gasteiger partial charge in [0.1, 0.15) is 0 Å². The summed E-state index contributed by atoms with van der Waals surface area (Å²) in [7, 11) is -2.83. The monoisotopic (exact) mass is 288 g/mol. The summed E-state index contributed by atoms with van der Waals surface area (Å²) in [5.41, 5.74) is 3.24. The average molecular weight is 288 g/mol. The molecule has 0 aliphatic heterocycles. The average Bonchev–Trinajstić information content (AvgIpc) is 2.53. The first-order valence-electron chi connectivity index (χ1n) is 6.96. The maximum atomic E-state index is 13.8. The molecule has 2 aromatic rings. The van der Waals surface area contributed by atoms with Crippen molar-refractivity contribution in [2.45, 2.75) is 13.8 Å². The van der Waals surface area contributed by atoms with Gasteiger partial charge >= 0.3 is 0 Å². The number of nitrogens with one attached hydrogen (secondary N) is 1. The Balaban J connectivity index is 2.57. The molecule has 0 bridgehead atoms. The Morgan fingerprint density at radius 3 is 1.70 bits per heavy atom. The van der Waals surface area contributed by atoms with Gasteiger partial charge in [0.05, 0.1) is 0 Å². The minimum atomic E-state index is -2.83. The number of hydrogen-bond donors (Lipinski definition) is 1. The van der Waals surface area contributed by atoms with Crippen LogP contribution >= 0.6 is 7.29 Å². The molecule has 0 unspecified atom stereocenters. The van der Waals surface area contributed by atoms with Crippen molar-refractivity contribution >= 4 is 17.9 Å². The summed E-state index contributed by atoms with van der Waals surface area (Å²) < 4.78 is 15.7. The van der Waals surface area contributed by atoms with Gasteiger partial charge in [-0.05, 0) is 24.3 Å². The van der Waals surface area contributed by atoms with Crippen LogP contribution in [-0.2, 0) is 4.57 Å². The van der Waals surface area contributed by atoms with Gasteiger partial charge in [-0.15, -0.1) is 0 Å². The second-order valence-electron chi connectivity index (χ2n) is 4.47. The molecule has 0 aliphatic carbocycles. The third-order valence-corrected chi connectivity index (χ3v) is 6.29. The van der Waals surface area contributed by atoms with Crippen LogP contribution in [-0.4, -0.2) is 17.9 Å². The molecule has 0 saturated heterocycles. The van der Waals surface area contributed by atoms with Gasteiger partial charge in [-0.25, -0.2) is 5.43 Å². The zero-order valence-corrected chi connectivity index (χ0v) is 12.9. The molecule has 1 N–H and O–H groups in total. The molecule has 0 aliphatic rings. The maximum absolute atomic E-state index is 13.8. The second kappa shape index (κ2) is 6.85. The molecule has 4 heteroatoms. The number of nitrogens with zero attached hydrogens (tertiary/aromatic N) is 1. The van der Waals surface area contributed by atoms with Crippen LogP contribution < -0.4 is 16.0 Å². The highest BCUT2D eigenvalue weighted by molar-refractivity contribution is 7.76. The van der Waals surface area contributed by atoms with E-state index in [4.69, 9.17) is 0 Å². The van der Waals surface area contributed by atoms with Crippen LogP contribution in [0.15, 0.2) is 60.7 Å². The molecule has 2 rings (SSSR count). The van der Waals surface area contributed by atoms with Gasteiger partial charge in [-0.2, -0.15) is 4.78 Å². The van der Waals surface area contributed by atoms with Crippen LogP contribution in [0.2, 0.25) is 0 Å². The van der Waals surface area contributed by atoms with Crippen molar-refractivity contribution in [1.29, 1.82) is 0 Å². The smallest absolute Gasteiger partial charge is 0.219 e. The summed E-state index contributed by atoms with van der Waals surface area (Å²) in [5, 5.41) is 1.71. The molecular formula is C16H21N2OP. The van der Waals surface area contributed by atoms with Gasteiger partial charge in [0.15, 0.2) is 0 Å². The van der Waals surface area contributed by atoms with Crippen LogP contribution in [0.3, 0.4) is 0 Å². The molecule has 0 fully saturated rings. The van der Waals surface area contributed by atoms with Gasteiger partial charge < -0.3 is 0 Å². The lowest BCUT2D eigenvalue weighted by Gasteiger charge is -2.31. The first-order valence-corrected chi connectivity index (χ1v) is 8.62. The third kappa shape index (κ3) is 2.85. The van der Waals surface area contributed by atoms with E-state index in [0.717, 1.165) is 17.2 Å². The molecular weight excluding hydrogens is 267 g/mol. The molecule has 0 saturated carbocycles. The molecule has 0 radical (unpaired) electrons. The van der Waals surface area contributed by atoms with E-state index >= 15 is 0 Å². The van der Waals surface area contributed by atoms with Gasteiger partial charge in [-0.3, -0.25) is 4.57 Å². The predicted octanol–water partition coefficient (Wildman–Crippen LogP) is 2.76.